The summed E-state index contributed by atoms with van der Waals surface area (Å²) in [5.41, 5.74) is 1.61. The van der Waals surface area contributed by atoms with Gasteiger partial charge in [-0.2, -0.15) is 5.10 Å². The Bertz CT molecular complexity index is 657. The first-order chi connectivity index (χ1) is 10.7. The van der Waals surface area contributed by atoms with Crippen LogP contribution < -0.4 is 4.74 Å². The van der Waals surface area contributed by atoms with Crippen LogP contribution >= 0.6 is 0 Å². The number of hydrogen-bond donors (Lipinski definition) is 1. The fourth-order valence-electron chi connectivity index (χ4n) is 2.50. The van der Waals surface area contributed by atoms with Crippen LogP contribution in [0.4, 0.5) is 0 Å². The van der Waals surface area contributed by atoms with Gasteiger partial charge in [0.1, 0.15) is 18.2 Å². The first-order valence-electron chi connectivity index (χ1n) is 7.10. The molecule has 0 saturated carbocycles. The summed E-state index contributed by atoms with van der Waals surface area (Å²) in [7, 11) is 1.60. The maximum Gasteiger partial charge on any atom is 0.254 e. The van der Waals surface area contributed by atoms with E-state index in [0.717, 1.165) is 5.56 Å². The molecule has 0 radical (unpaired) electrons. The third kappa shape index (κ3) is 2.80. The highest BCUT2D eigenvalue weighted by molar-refractivity contribution is 5.94. The van der Waals surface area contributed by atoms with Crippen molar-refractivity contribution < 1.29 is 14.3 Å². The molecule has 7 nitrogen and oxygen atoms in total. The zero-order chi connectivity index (χ0) is 15.5. The smallest absolute Gasteiger partial charge is 0.254 e. The van der Waals surface area contributed by atoms with Crippen molar-refractivity contribution in [3.8, 4) is 5.75 Å². The van der Waals surface area contributed by atoms with Gasteiger partial charge < -0.3 is 14.4 Å². The van der Waals surface area contributed by atoms with Crippen LogP contribution in [0.1, 0.15) is 27.8 Å². The van der Waals surface area contributed by atoms with Crippen molar-refractivity contribution in [1.82, 2.24) is 20.1 Å². The van der Waals surface area contributed by atoms with Gasteiger partial charge in [-0.15, -0.1) is 0 Å². The number of rotatable bonds is 3. The van der Waals surface area contributed by atoms with Crippen molar-refractivity contribution in [3.63, 3.8) is 0 Å². The van der Waals surface area contributed by atoms with Crippen molar-refractivity contribution >= 4 is 5.91 Å². The Morgan fingerprint density at radius 2 is 2.36 bits per heavy atom. The number of aromatic amines is 1. The standard InChI is InChI=1S/C15H18N4O3/c1-10-3-4-11(7-12(10)21-2)15(20)19-5-6-22-13(8-19)14-16-9-17-18-14/h3-4,7,9,13H,5-6,8H2,1-2H3,(H,16,17,18). The van der Waals surface area contributed by atoms with Gasteiger partial charge in [0.05, 0.1) is 20.3 Å². The Kier molecular flexibility index (Phi) is 4.06. The van der Waals surface area contributed by atoms with E-state index in [1.807, 2.05) is 19.1 Å². The molecule has 7 heteroatoms. The lowest BCUT2D eigenvalue weighted by atomic mass is 10.1. The molecule has 3 rings (SSSR count). The van der Waals surface area contributed by atoms with E-state index in [0.29, 0.717) is 36.8 Å². The highest BCUT2D eigenvalue weighted by Crippen LogP contribution is 2.23. The molecular formula is C15H18N4O3. The Hall–Kier alpha value is -2.41. The number of carbonyl (C=O) groups is 1. The molecule has 1 aromatic carbocycles. The van der Waals surface area contributed by atoms with Crippen molar-refractivity contribution in [2.75, 3.05) is 26.8 Å². The van der Waals surface area contributed by atoms with Gasteiger partial charge in [0.15, 0.2) is 5.82 Å². The number of amides is 1. The minimum Gasteiger partial charge on any atom is -0.496 e. The number of benzene rings is 1. The molecule has 2 aromatic rings. The maximum absolute atomic E-state index is 12.7. The molecule has 1 atom stereocenters. The maximum atomic E-state index is 12.7. The van der Waals surface area contributed by atoms with E-state index in [4.69, 9.17) is 9.47 Å². The van der Waals surface area contributed by atoms with Crippen molar-refractivity contribution in [1.29, 1.82) is 0 Å². The number of hydrogen-bond acceptors (Lipinski definition) is 5. The van der Waals surface area contributed by atoms with Crippen LogP contribution in [0, 0.1) is 6.92 Å². The van der Waals surface area contributed by atoms with Crippen molar-refractivity contribution in [2.24, 2.45) is 0 Å². The molecule has 22 heavy (non-hydrogen) atoms. The van der Waals surface area contributed by atoms with Crippen LogP contribution in [0.5, 0.6) is 5.75 Å². The Morgan fingerprint density at radius 1 is 1.50 bits per heavy atom. The summed E-state index contributed by atoms with van der Waals surface area (Å²) < 4.78 is 10.9. The fraction of sp³-hybridized carbons (Fsp3) is 0.400. The fourth-order valence-corrected chi connectivity index (χ4v) is 2.50. The van der Waals surface area contributed by atoms with E-state index < -0.39 is 0 Å². The molecule has 0 bridgehead atoms. The summed E-state index contributed by atoms with van der Waals surface area (Å²) in [4.78, 5) is 18.5. The second-order valence-electron chi connectivity index (χ2n) is 5.17. The zero-order valence-corrected chi connectivity index (χ0v) is 12.6. The first kappa shape index (κ1) is 14.5. The predicted molar refractivity (Wildman–Crippen MR) is 78.7 cm³/mol. The summed E-state index contributed by atoms with van der Waals surface area (Å²) >= 11 is 0. The number of nitrogens with one attached hydrogen (secondary N) is 1. The Morgan fingerprint density at radius 3 is 3.09 bits per heavy atom. The molecule has 1 unspecified atom stereocenters. The highest BCUT2D eigenvalue weighted by Gasteiger charge is 2.28. The average molecular weight is 302 g/mol. The van der Waals surface area contributed by atoms with Gasteiger partial charge in [0.2, 0.25) is 0 Å². The quantitative estimate of drug-likeness (QED) is 0.925. The summed E-state index contributed by atoms with van der Waals surface area (Å²) in [5, 5.41) is 6.61. The molecular weight excluding hydrogens is 284 g/mol. The first-order valence-corrected chi connectivity index (χ1v) is 7.10. The van der Waals surface area contributed by atoms with E-state index in [1.165, 1.54) is 6.33 Å². The van der Waals surface area contributed by atoms with Gasteiger partial charge in [0, 0.05) is 12.1 Å². The van der Waals surface area contributed by atoms with Crippen LogP contribution in [0.3, 0.4) is 0 Å². The summed E-state index contributed by atoms with van der Waals surface area (Å²) in [5.74, 6) is 1.32. The normalized spacial score (nSPS) is 18.3. The SMILES string of the molecule is COc1cc(C(=O)N2CCOC(c3ncn[nH]3)C2)ccc1C. The minimum absolute atomic E-state index is 0.0360. The predicted octanol–water partition coefficient (Wildman–Crippen LogP) is 1.34. The minimum atomic E-state index is -0.271. The monoisotopic (exact) mass is 302 g/mol. The average Bonchev–Trinajstić information content (AvgIpc) is 3.09. The molecule has 1 aliphatic heterocycles. The highest BCUT2D eigenvalue weighted by atomic mass is 16.5. The molecule has 1 aliphatic rings. The van der Waals surface area contributed by atoms with Gasteiger partial charge >= 0.3 is 0 Å². The lowest BCUT2D eigenvalue weighted by Crippen LogP contribution is -2.42. The molecule has 1 aromatic heterocycles. The lowest BCUT2D eigenvalue weighted by Gasteiger charge is -2.32. The van der Waals surface area contributed by atoms with Crippen LogP contribution in [0.25, 0.3) is 0 Å². The summed E-state index contributed by atoms with van der Waals surface area (Å²) in [6.45, 7) is 3.42. The Labute approximate surface area is 128 Å². The molecule has 0 aliphatic carbocycles. The van der Waals surface area contributed by atoms with E-state index in [2.05, 4.69) is 15.2 Å². The number of carbonyl (C=O) groups excluding carboxylic acids is 1. The number of morpholine rings is 1. The largest absolute Gasteiger partial charge is 0.496 e. The van der Waals surface area contributed by atoms with E-state index >= 15 is 0 Å². The number of ether oxygens (including phenoxy) is 2. The molecule has 1 N–H and O–H groups in total. The molecule has 1 amide bonds. The summed E-state index contributed by atoms with van der Waals surface area (Å²) in [6.07, 6.45) is 1.16. The Balaban J connectivity index is 1.77. The lowest BCUT2D eigenvalue weighted by molar-refractivity contribution is -0.0266. The van der Waals surface area contributed by atoms with E-state index in [1.54, 1.807) is 18.1 Å². The molecule has 1 fully saturated rings. The third-order valence-electron chi connectivity index (χ3n) is 3.75. The van der Waals surface area contributed by atoms with Gasteiger partial charge in [-0.05, 0) is 24.6 Å². The van der Waals surface area contributed by atoms with E-state index in [9.17, 15) is 4.79 Å². The number of aryl methyl sites for hydroxylation is 1. The number of aromatic nitrogens is 3. The van der Waals surface area contributed by atoms with Crippen LogP contribution in [-0.2, 0) is 4.74 Å². The van der Waals surface area contributed by atoms with Gasteiger partial charge in [-0.1, -0.05) is 6.07 Å². The molecule has 2 heterocycles. The summed E-state index contributed by atoms with van der Waals surface area (Å²) in [6, 6.07) is 5.48. The van der Waals surface area contributed by atoms with Gasteiger partial charge in [-0.25, -0.2) is 4.98 Å². The van der Waals surface area contributed by atoms with Crippen LogP contribution in [-0.4, -0.2) is 52.8 Å². The molecule has 1 saturated heterocycles. The van der Waals surface area contributed by atoms with Crippen LogP contribution in [0.15, 0.2) is 24.5 Å². The third-order valence-corrected chi connectivity index (χ3v) is 3.75. The van der Waals surface area contributed by atoms with Crippen molar-refractivity contribution in [3.05, 3.63) is 41.5 Å². The van der Waals surface area contributed by atoms with Crippen LogP contribution in [0.2, 0.25) is 0 Å². The second kappa shape index (κ2) is 6.15. The number of methoxy groups -OCH3 is 1. The number of nitrogens with zero attached hydrogens (tertiary/aromatic N) is 3. The van der Waals surface area contributed by atoms with Gasteiger partial charge in [0.25, 0.3) is 5.91 Å². The topological polar surface area (TPSA) is 80.3 Å². The van der Waals surface area contributed by atoms with E-state index in [-0.39, 0.29) is 12.0 Å². The van der Waals surface area contributed by atoms with Gasteiger partial charge in [-0.3, -0.25) is 9.89 Å². The van der Waals surface area contributed by atoms with Crippen molar-refractivity contribution in [2.45, 2.75) is 13.0 Å². The second-order valence-corrected chi connectivity index (χ2v) is 5.17. The molecule has 0 spiro atoms. The number of H-pyrrole nitrogens is 1. The zero-order valence-electron chi connectivity index (χ0n) is 12.6. The molecule has 116 valence electrons.